The zero-order valence-corrected chi connectivity index (χ0v) is 27.4. The standard InChI is InChI=1S/C38H44N4O6/c1-2-3-4-14-26-42(33(44)24-22-31(38(46)47)40-32(43)23-21-28-15-8-5-9-16-28)27-25-39-36(45)34-35(29-17-10-6-11-18-29)48-37(41-34)30-19-12-7-13-20-30/h5-13,15-20,31H,2-4,14,21-27H2,1H3,(H,39,45)(H,40,43)(H,46,47). The lowest BCUT2D eigenvalue weighted by Crippen LogP contribution is -2.43. The fourth-order valence-electron chi connectivity index (χ4n) is 5.29. The van der Waals surface area contributed by atoms with Crippen LogP contribution in [0.3, 0.4) is 0 Å². The Morgan fingerprint density at radius 1 is 0.812 bits per heavy atom. The molecule has 4 rings (SSSR count). The number of unbranched alkanes of at least 4 members (excludes halogenated alkanes) is 3. The lowest BCUT2D eigenvalue weighted by molar-refractivity contribution is -0.142. The monoisotopic (exact) mass is 652 g/mol. The average molecular weight is 653 g/mol. The Bertz CT molecular complexity index is 1610. The molecule has 48 heavy (non-hydrogen) atoms. The van der Waals surface area contributed by atoms with E-state index in [-0.39, 0.29) is 49.9 Å². The summed E-state index contributed by atoms with van der Waals surface area (Å²) >= 11 is 0. The minimum absolute atomic E-state index is 0.0370. The van der Waals surface area contributed by atoms with E-state index in [1.807, 2.05) is 91.0 Å². The van der Waals surface area contributed by atoms with Crippen molar-refractivity contribution in [3.8, 4) is 22.8 Å². The molecule has 1 aromatic heterocycles. The Morgan fingerprint density at radius 3 is 2.10 bits per heavy atom. The molecular weight excluding hydrogens is 608 g/mol. The molecule has 252 valence electrons. The number of nitrogens with one attached hydrogen (secondary N) is 2. The molecule has 1 atom stereocenters. The predicted octanol–water partition coefficient (Wildman–Crippen LogP) is 6.13. The highest BCUT2D eigenvalue weighted by Gasteiger charge is 2.25. The molecule has 3 aromatic carbocycles. The first-order valence-corrected chi connectivity index (χ1v) is 16.6. The Morgan fingerprint density at radius 2 is 1.46 bits per heavy atom. The highest BCUT2D eigenvalue weighted by molar-refractivity contribution is 5.98. The van der Waals surface area contributed by atoms with Gasteiger partial charge in [0.25, 0.3) is 5.91 Å². The van der Waals surface area contributed by atoms with Crippen LogP contribution in [0.5, 0.6) is 0 Å². The van der Waals surface area contributed by atoms with E-state index < -0.39 is 17.9 Å². The third kappa shape index (κ3) is 10.9. The molecule has 4 aromatic rings. The van der Waals surface area contributed by atoms with Crippen molar-refractivity contribution in [1.29, 1.82) is 0 Å². The van der Waals surface area contributed by atoms with Gasteiger partial charge >= 0.3 is 5.97 Å². The Hall–Kier alpha value is -5.25. The van der Waals surface area contributed by atoms with Gasteiger partial charge in [0.2, 0.25) is 17.7 Å². The van der Waals surface area contributed by atoms with Crippen molar-refractivity contribution < 1.29 is 28.7 Å². The van der Waals surface area contributed by atoms with Crippen LogP contribution in [-0.2, 0) is 20.8 Å². The third-order valence-electron chi connectivity index (χ3n) is 7.96. The number of aliphatic carboxylic acids is 1. The number of hydrogen-bond donors (Lipinski definition) is 3. The maximum Gasteiger partial charge on any atom is 0.326 e. The summed E-state index contributed by atoms with van der Waals surface area (Å²) in [4.78, 5) is 57.4. The van der Waals surface area contributed by atoms with Crippen molar-refractivity contribution in [2.24, 2.45) is 0 Å². The van der Waals surface area contributed by atoms with E-state index in [4.69, 9.17) is 4.42 Å². The van der Waals surface area contributed by atoms with E-state index >= 15 is 0 Å². The number of carboxylic acids is 1. The van der Waals surface area contributed by atoms with Gasteiger partial charge in [0.05, 0.1) is 0 Å². The number of carbonyl (C=O) groups excluding carboxylic acids is 3. The number of carboxylic acid groups (broad SMARTS) is 1. The largest absolute Gasteiger partial charge is 0.480 e. The second-order valence-electron chi connectivity index (χ2n) is 11.6. The van der Waals surface area contributed by atoms with Crippen molar-refractivity contribution in [2.75, 3.05) is 19.6 Å². The molecule has 10 nitrogen and oxygen atoms in total. The number of aryl methyl sites for hydroxylation is 1. The van der Waals surface area contributed by atoms with Gasteiger partial charge in [0.15, 0.2) is 11.5 Å². The number of hydrogen-bond acceptors (Lipinski definition) is 6. The molecular formula is C38H44N4O6. The van der Waals surface area contributed by atoms with Crippen molar-refractivity contribution >= 4 is 23.7 Å². The van der Waals surface area contributed by atoms with Gasteiger partial charge in [0.1, 0.15) is 6.04 Å². The number of amides is 3. The molecule has 0 spiro atoms. The Labute approximate surface area is 281 Å². The molecule has 0 aliphatic carbocycles. The Kier molecular flexibility index (Phi) is 13.9. The van der Waals surface area contributed by atoms with Crippen LogP contribution in [0.4, 0.5) is 0 Å². The molecule has 1 unspecified atom stereocenters. The van der Waals surface area contributed by atoms with Gasteiger partial charge in [-0.3, -0.25) is 14.4 Å². The highest BCUT2D eigenvalue weighted by Crippen LogP contribution is 2.29. The minimum atomic E-state index is -1.19. The first-order chi connectivity index (χ1) is 23.4. The number of benzene rings is 3. The first-order valence-electron chi connectivity index (χ1n) is 16.6. The van der Waals surface area contributed by atoms with Gasteiger partial charge in [0, 0.05) is 43.6 Å². The summed E-state index contributed by atoms with van der Waals surface area (Å²) in [6.07, 6.45) is 4.36. The number of oxazole rings is 1. The molecule has 1 heterocycles. The van der Waals surface area contributed by atoms with E-state index in [0.29, 0.717) is 30.2 Å². The minimum Gasteiger partial charge on any atom is -0.480 e. The van der Waals surface area contributed by atoms with Gasteiger partial charge in [-0.25, -0.2) is 9.78 Å². The number of nitrogens with zero attached hydrogens (tertiary/aromatic N) is 2. The molecule has 3 amide bonds. The molecule has 3 N–H and O–H groups in total. The predicted molar refractivity (Wildman–Crippen MR) is 184 cm³/mol. The van der Waals surface area contributed by atoms with Crippen LogP contribution >= 0.6 is 0 Å². The van der Waals surface area contributed by atoms with Crippen molar-refractivity contribution in [2.45, 2.75) is 64.3 Å². The fourth-order valence-corrected chi connectivity index (χ4v) is 5.29. The lowest BCUT2D eigenvalue weighted by atomic mass is 10.1. The normalized spacial score (nSPS) is 11.4. The maximum absolute atomic E-state index is 13.4. The van der Waals surface area contributed by atoms with E-state index in [2.05, 4.69) is 22.5 Å². The zero-order valence-electron chi connectivity index (χ0n) is 27.4. The summed E-state index contributed by atoms with van der Waals surface area (Å²) < 4.78 is 6.07. The van der Waals surface area contributed by atoms with Gasteiger partial charge in [-0.05, 0) is 37.0 Å². The summed E-state index contributed by atoms with van der Waals surface area (Å²) in [7, 11) is 0. The number of rotatable bonds is 19. The molecule has 0 saturated carbocycles. The molecule has 0 aliphatic heterocycles. The highest BCUT2D eigenvalue weighted by atomic mass is 16.4. The van der Waals surface area contributed by atoms with E-state index in [9.17, 15) is 24.3 Å². The summed E-state index contributed by atoms with van der Waals surface area (Å²) in [6, 6.07) is 26.9. The third-order valence-corrected chi connectivity index (χ3v) is 7.96. The molecule has 0 aliphatic rings. The van der Waals surface area contributed by atoms with Gasteiger partial charge in [-0.2, -0.15) is 0 Å². The number of aromatic nitrogens is 1. The maximum atomic E-state index is 13.4. The Balaban J connectivity index is 1.36. The van der Waals surface area contributed by atoms with E-state index in [0.717, 1.165) is 36.8 Å². The summed E-state index contributed by atoms with van der Waals surface area (Å²) in [5.74, 6) is -1.55. The zero-order chi connectivity index (χ0) is 34.1. The van der Waals surface area contributed by atoms with Gasteiger partial charge in [-0.15, -0.1) is 0 Å². The number of carbonyl (C=O) groups is 4. The second kappa shape index (κ2) is 18.8. The van der Waals surface area contributed by atoms with Crippen molar-refractivity contribution in [1.82, 2.24) is 20.5 Å². The summed E-state index contributed by atoms with van der Waals surface area (Å²) in [5, 5.41) is 15.2. The van der Waals surface area contributed by atoms with Gasteiger partial charge in [-0.1, -0.05) is 105 Å². The summed E-state index contributed by atoms with van der Waals surface area (Å²) in [6.45, 7) is 2.99. The van der Waals surface area contributed by atoms with Crippen LogP contribution < -0.4 is 10.6 Å². The van der Waals surface area contributed by atoms with Gasteiger partial charge < -0.3 is 25.1 Å². The first kappa shape index (κ1) is 35.6. The lowest BCUT2D eigenvalue weighted by Gasteiger charge is -2.24. The smallest absolute Gasteiger partial charge is 0.326 e. The average Bonchev–Trinajstić information content (AvgIpc) is 3.57. The fraction of sp³-hybridized carbons (Fsp3) is 0.342. The molecule has 0 radical (unpaired) electrons. The molecule has 0 bridgehead atoms. The van der Waals surface area contributed by atoms with Crippen LogP contribution in [0.15, 0.2) is 95.4 Å². The van der Waals surface area contributed by atoms with E-state index in [1.165, 1.54) is 0 Å². The SMILES string of the molecule is CCCCCCN(CCNC(=O)c1nc(-c2ccccc2)oc1-c1ccccc1)C(=O)CCC(NC(=O)CCc1ccccc1)C(=O)O. The molecule has 0 fully saturated rings. The van der Waals surface area contributed by atoms with Crippen LogP contribution in [0.25, 0.3) is 22.8 Å². The van der Waals surface area contributed by atoms with Crippen molar-refractivity contribution in [3.05, 3.63) is 102 Å². The van der Waals surface area contributed by atoms with E-state index in [1.54, 1.807) is 4.90 Å². The van der Waals surface area contributed by atoms with Crippen LogP contribution in [0, 0.1) is 0 Å². The molecule has 0 saturated heterocycles. The van der Waals surface area contributed by atoms with Crippen LogP contribution in [0.1, 0.15) is 67.9 Å². The van der Waals surface area contributed by atoms with Crippen LogP contribution in [-0.4, -0.2) is 64.4 Å². The van der Waals surface area contributed by atoms with Crippen LogP contribution in [0.2, 0.25) is 0 Å². The summed E-state index contributed by atoms with van der Waals surface area (Å²) in [5.41, 5.74) is 2.58. The quantitative estimate of drug-likeness (QED) is 0.104. The molecule has 10 heteroatoms. The second-order valence-corrected chi connectivity index (χ2v) is 11.6. The van der Waals surface area contributed by atoms with Crippen molar-refractivity contribution in [3.63, 3.8) is 0 Å². The topological polar surface area (TPSA) is 142 Å².